The molecule has 0 amide bonds. The number of thiophene rings is 1. The van der Waals surface area contributed by atoms with E-state index in [9.17, 15) is 0 Å². The highest BCUT2D eigenvalue weighted by Gasteiger charge is 2.22. The van der Waals surface area contributed by atoms with Gasteiger partial charge in [-0.15, -0.1) is 0 Å². The third kappa shape index (κ3) is 1.53. The fraction of sp³-hybridized carbons (Fsp3) is 0.556. The molecule has 2 nitrogen and oxygen atoms in total. The maximum atomic E-state index is 6.01. The Kier molecular flexibility index (Phi) is 2.44. The Bertz CT molecular complexity index is 233. The highest BCUT2D eigenvalue weighted by Crippen LogP contribution is 2.23. The van der Waals surface area contributed by atoms with Crippen LogP contribution in [0.4, 0.5) is 0 Å². The Morgan fingerprint density at radius 1 is 1.58 bits per heavy atom. The number of piperidine rings is 1. The van der Waals surface area contributed by atoms with Crippen molar-refractivity contribution < 1.29 is 0 Å². The van der Waals surface area contributed by atoms with E-state index in [0.717, 1.165) is 13.0 Å². The molecule has 0 radical (unpaired) electrons. The fourth-order valence-electron chi connectivity index (χ4n) is 1.73. The molecule has 2 rings (SSSR count). The third-order valence-electron chi connectivity index (χ3n) is 2.41. The van der Waals surface area contributed by atoms with Gasteiger partial charge in [-0.25, -0.2) is 0 Å². The van der Waals surface area contributed by atoms with Crippen LogP contribution in [0.25, 0.3) is 0 Å². The van der Waals surface area contributed by atoms with Crippen molar-refractivity contribution >= 4 is 11.3 Å². The van der Waals surface area contributed by atoms with E-state index in [0.29, 0.717) is 12.1 Å². The number of nitrogens with one attached hydrogen (secondary N) is 1. The quantitative estimate of drug-likeness (QED) is 0.690. The van der Waals surface area contributed by atoms with Crippen molar-refractivity contribution in [3.8, 4) is 0 Å². The normalized spacial score (nSPS) is 30.4. The van der Waals surface area contributed by atoms with Crippen LogP contribution in [0.3, 0.4) is 0 Å². The summed E-state index contributed by atoms with van der Waals surface area (Å²) >= 11 is 1.74. The minimum Gasteiger partial charge on any atom is -0.326 e. The smallest absolute Gasteiger partial charge is 0.0482 e. The lowest BCUT2D eigenvalue weighted by molar-refractivity contribution is 0.359. The summed E-state index contributed by atoms with van der Waals surface area (Å²) in [5.41, 5.74) is 7.37. The molecular weight excluding hydrogens is 168 g/mol. The van der Waals surface area contributed by atoms with Gasteiger partial charge in [0.15, 0.2) is 0 Å². The summed E-state index contributed by atoms with van der Waals surface area (Å²) in [6.45, 7) is 1.11. The molecule has 3 N–H and O–H groups in total. The van der Waals surface area contributed by atoms with Crippen LogP contribution < -0.4 is 11.1 Å². The molecule has 2 unspecified atom stereocenters. The second-order valence-corrected chi connectivity index (χ2v) is 4.07. The largest absolute Gasteiger partial charge is 0.326 e. The predicted octanol–water partition coefficient (Wildman–Crippen LogP) is 1.50. The van der Waals surface area contributed by atoms with Gasteiger partial charge in [0.05, 0.1) is 0 Å². The zero-order chi connectivity index (χ0) is 8.39. The molecule has 3 heteroatoms. The first-order valence-corrected chi connectivity index (χ1v) is 5.33. The van der Waals surface area contributed by atoms with Gasteiger partial charge in [-0.1, -0.05) is 0 Å². The van der Waals surface area contributed by atoms with Crippen molar-refractivity contribution in [2.75, 3.05) is 6.54 Å². The summed E-state index contributed by atoms with van der Waals surface area (Å²) in [5, 5.41) is 7.75. The van der Waals surface area contributed by atoms with Gasteiger partial charge in [0.25, 0.3) is 0 Å². The molecule has 0 aliphatic carbocycles. The summed E-state index contributed by atoms with van der Waals surface area (Å²) in [4.78, 5) is 0. The maximum absolute atomic E-state index is 6.01. The van der Waals surface area contributed by atoms with Crippen molar-refractivity contribution in [1.82, 2.24) is 5.32 Å². The number of rotatable bonds is 1. The lowest BCUT2D eigenvalue weighted by Gasteiger charge is -2.29. The Morgan fingerprint density at radius 2 is 2.50 bits per heavy atom. The van der Waals surface area contributed by atoms with Gasteiger partial charge in [-0.3, -0.25) is 0 Å². The topological polar surface area (TPSA) is 38.0 Å². The highest BCUT2D eigenvalue weighted by atomic mass is 32.1. The van der Waals surface area contributed by atoms with Gasteiger partial charge in [0.2, 0.25) is 0 Å². The van der Waals surface area contributed by atoms with E-state index in [1.807, 2.05) is 0 Å². The minimum absolute atomic E-state index is 0.299. The second-order valence-electron chi connectivity index (χ2n) is 3.29. The average molecular weight is 182 g/mol. The first-order valence-electron chi connectivity index (χ1n) is 4.39. The SMILES string of the molecule is NC1CCCNC1c1ccsc1. The number of hydrogen-bond donors (Lipinski definition) is 2. The zero-order valence-electron chi connectivity index (χ0n) is 6.99. The molecule has 1 aliphatic heterocycles. The van der Waals surface area contributed by atoms with Gasteiger partial charge in [-0.2, -0.15) is 11.3 Å². The summed E-state index contributed by atoms with van der Waals surface area (Å²) in [6.07, 6.45) is 2.36. The first-order chi connectivity index (χ1) is 5.88. The highest BCUT2D eigenvalue weighted by molar-refractivity contribution is 7.07. The molecule has 66 valence electrons. The predicted molar refractivity (Wildman–Crippen MR) is 52.3 cm³/mol. The lowest BCUT2D eigenvalue weighted by Crippen LogP contribution is -2.42. The molecule has 1 aromatic rings. The maximum Gasteiger partial charge on any atom is 0.0482 e. The number of hydrogen-bond acceptors (Lipinski definition) is 3. The van der Waals surface area contributed by atoms with Crippen LogP contribution in [0.2, 0.25) is 0 Å². The van der Waals surface area contributed by atoms with E-state index in [1.54, 1.807) is 11.3 Å². The van der Waals surface area contributed by atoms with Crippen LogP contribution in [0.15, 0.2) is 16.8 Å². The Morgan fingerprint density at radius 3 is 3.17 bits per heavy atom. The molecule has 2 heterocycles. The van der Waals surface area contributed by atoms with E-state index < -0.39 is 0 Å². The molecular formula is C9H14N2S. The van der Waals surface area contributed by atoms with Crippen LogP contribution in [-0.2, 0) is 0 Å². The Hall–Kier alpha value is -0.380. The van der Waals surface area contributed by atoms with Gasteiger partial charge in [0.1, 0.15) is 0 Å². The van der Waals surface area contributed by atoms with E-state index in [-0.39, 0.29) is 0 Å². The van der Waals surface area contributed by atoms with Crippen LogP contribution in [0.1, 0.15) is 24.4 Å². The van der Waals surface area contributed by atoms with Crippen molar-refractivity contribution in [1.29, 1.82) is 0 Å². The average Bonchev–Trinajstić information content (AvgIpc) is 2.57. The van der Waals surface area contributed by atoms with Crippen molar-refractivity contribution in [3.63, 3.8) is 0 Å². The van der Waals surface area contributed by atoms with E-state index >= 15 is 0 Å². The first kappa shape index (κ1) is 8.23. The molecule has 0 aromatic carbocycles. The minimum atomic E-state index is 0.299. The molecule has 1 aliphatic rings. The monoisotopic (exact) mass is 182 g/mol. The molecule has 0 saturated carbocycles. The molecule has 1 fully saturated rings. The molecule has 1 saturated heterocycles. The number of nitrogens with two attached hydrogens (primary N) is 1. The second kappa shape index (κ2) is 3.56. The van der Waals surface area contributed by atoms with Crippen LogP contribution in [-0.4, -0.2) is 12.6 Å². The summed E-state index contributed by atoms with van der Waals surface area (Å²) in [6, 6.07) is 2.85. The molecule has 0 bridgehead atoms. The molecule has 0 spiro atoms. The fourth-order valence-corrected chi connectivity index (χ4v) is 2.43. The third-order valence-corrected chi connectivity index (χ3v) is 3.11. The molecule has 2 atom stereocenters. The van der Waals surface area contributed by atoms with Gasteiger partial charge < -0.3 is 11.1 Å². The Balaban J connectivity index is 2.11. The Labute approximate surface area is 76.8 Å². The van der Waals surface area contributed by atoms with Gasteiger partial charge in [0, 0.05) is 12.1 Å². The molecule has 12 heavy (non-hydrogen) atoms. The summed E-state index contributed by atoms with van der Waals surface area (Å²) < 4.78 is 0. The standard InChI is InChI=1S/C9H14N2S/c10-8-2-1-4-11-9(8)7-3-5-12-6-7/h3,5-6,8-9,11H,1-2,4,10H2. The van der Waals surface area contributed by atoms with Crippen molar-refractivity contribution in [3.05, 3.63) is 22.4 Å². The van der Waals surface area contributed by atoms with Gasteiger partial charge >= 0.3 is 0 Å². The van der Waals surface area contributed by atoms with E-state index in [4.69, 9.17) is 5.73 Å². The van der Waals surface area contributed by atoms with E-state index in [1.165, 1.54) is 12.0 Å². The zero-order valence-corrected chi connectivity index (χ0v) is 7.81. The van der Waals surface area contributed by atoms with Crippen molar-refractivity contribution in [2.24, 2.45) is 5.73 Å². The summed E-state index contributed by atoms with van der Waals surface area (Å²) in [7, 11) is 0. The lowest BCUT2D eigenvalue weighted by atomic mass is 9.95. The summed E-state index contributed by atoms with van der Waals surface area (Å²) in [5.74, 6) is 0. The molecule has 1 aromatic heterocycles. The van der Waals surface area contributed by atoms with Crippen LogP contribution in [0.5, 0.6) is 0 Å². The van der Waals surface area contributed by atoms with Crippen LogP contribution >= 0.6 is 11.3 Å². The van der Waals surface area contributed by atoms with Gasteiger partial charge in [-0.05, 0) is 41.8 Å². The van der Waals surface area contributed by atoms with Crippen molar-refractivity contribution in [2.45, 2.75) is 24.9 Å². The van der Waals surface area contributed by atoms with E-state index in [2.05, 4.69) is 22.1 Å². The van der Waals surface area contributed by atoms with Crippen LogP contribution in [0, 0.1) is 0 Å².